The predicted molar refractivity (Wildman–Crippen MR) is 66.4 cm³/mol. The molecule has 1 heterocycles. The first-order valence-electron chi connectivity index (χ1n) is 5.67. The van der Waals surface area contributed by atoms with Crippen molar-refractivity contribution in [3.63, 3.8) is 0 Å². The number of carbonyl (C=O) groups is 1. The van der Waals surface area contributed by atoms with Crippen molar-refractivity contribution in [2.45, 2.75) is 18.4 Å². The summed E-state index contributed by atoms with van der Waals surface area (Å²) in [4.78, 5) is 13.5. The molecular weight excluding hydrogens is 242 g/mol. The molecule has 0 radical (unpaired) electrons. The molecule has 0 unspecified atom stereocenters. The summed E-state index contributed by atoms with van der Waals surface area (Å²) in [6.45, 7) is 1.40. The van der Waals surface area contributed by atoms with Crippen LogP contribution in [0.4, 0.5) is 0 Å². The zero-order valence-electron chi connectivity index (χ0n) is 10.4. The summed E-state index contributed by atoms with van der Waals surface area (Å²) in [6, 6.07) is 0. The molecule has 0 aromatic heterocycles. The van der Waals surface area contributed by atoms with Crippen molar-refractivity contribution < 1.29 is 13.2 Å². The van der Waals surface area contributed by atoms with Crippen LogP contribution in [0.3, 0.4) is 0 Å². The first-order chi connectivity index (χ1) is 7.77. The van der Waals surface area contributed by atoms with Crippen LogP contribution in [-0.4, -0.2) is 63.5 Å². The van der Waals surface area contributed by atoms with Gasteiger partial charge in [-0.1, -0.05) is 0 Å². The van der Waals surface area contributed by atoms with E-state index in [4.69, 9.17) is 5.73 Å². The molecule has 0 aliphatic carbocycles. The maximum atomic E-state index is 11.5. The van der Waals surface area contributed by atoms with Crippen LogP contribution in [-0.2, 0) is 14.6 Å². The smallest absolute Gasteiger partial charge is 0.237 e. The zero-order chi connectivity index (χ0) is 13.1. The zero-order valence-corrected chi connectivity index (χ0v) is 11.2. The van der Waals surface area contributed by atoms with E-state index in [2.05, 4.69) is 5.32 Å². The molecule has 1 aliphatic rings. The molecule has 100 valence electrons. The van der Waals surface area contributed by atoms with Gasteiger partial charge in [0, 0.05) is 13.1 Å². The van der Waals surface area contributed by atoms with Gasteiger partial charge in [0.1, 0.15) is 9.84 Å². The predicted octanol–water partition coefficient (Wildman–Crippen LogP) is -1.43. The number of nitrogens with one attached hydrogen (secondary N) is 1. The number of primary amides is 1. The second-order valence-electron chi connectivity index (χ2n) is 4.83. The SMILES string of the molecule is CN(C)CCNC1(C(N)=O)CCS(=O)(=O)CC1. The fourth-order valence-corrected chi connectivity index (χ4v) is 3.44. The lowest BCUT2D eigenvalue weighted by molar-refractivity contribution is -0.124. The summed E-state index contributed by atoms with van der Waals surface area (Å²) in [5, 5.41) is 3.12. The Morgan fingerprint density at radius 2 is 1.88 bits per heavy atom. The van der Waals surface area contributed by atoms with Gasteiger partial charge in [0.25, 0.3) is 0 Å². The highest BCUT2D eigenvalue weighted by atomic mass is 32.2. The summed E-state index contributed by atoms with van der Waals surface area (Å²) in [6.07, 6.45) is 0.552. The Bertz CT molecular complexity index is 364. The van der Waals surface area contributed by atoms with Crippen LogP contribution >= 0.6 is 0 Å². The molecular formula is C10H21N3O3S. The number of sulfone groups is 1. The van der Waals surface area contributed by atoms with Gasteiger partial charge in [-0.05, 0) is 26.9 Å². The van der Waals surface area contributed by atoms with Crippen molar-refractivity contribution in [1.29, 1.82) is 0 Å². The summed E-state index contributed by atoms with van der Waals surface area (Å²) < 4.78 is 22.7. The number of hydrogen-bond acceptors (Lipinski definition) is 5. The van der Waals surface area contributed by atoms with Gasteiger partial charge >= 0.3 is 0 Å². The average molecular weight is 263 g/mol. The third kappa shape index (κ3) is 3.93. The number of hydrogen-bond donors (Lipinski definition) is 2. The fourth-order valence-electron chi connectivity index (χ4n) is 1.92. The van der Waals surface area contributed by atoms with E-state index >= 15 is 0 Å². The number of likely N-dealkylation sites (N-methyl/N-ethyl adjacent to an activating group) is 1. The Morgan fingerprint density at radius 1 is 1.35 bits per heavy atom. The molecule has 0 bridgehead atoms. The lowest BCUT2D eigenvalue weighted by Gasteiger charge is -2.35. The molecule has 1 aliphatic heterocycles. The number of carbonyl (C=O) groups excluding carboxylic acids is 1. The molecule has 0 spiro atoms. The van der Waals surface area contributed by atoms with E-state index < -0.39 is 21.3 Å². The van der Waals surface area contributed by atoms with E-state index in [1.165, 1.54) is 0 Å². The van der Waals surface area contributed by atoms with Gasteiger partial charge in [-0.15, -0.1) is 0 Å². The number of nitrogens with zero attached hydrogens (tertiary/aromatic N) is 1. The van der Waals surface area contributed by atoms with Gasteiger partial charge in [-0.2, -0.15) is 0 Å². The van der Waals surface area contributed by atoms with Gasteiger partial charge in [0.15, 0.2) is 0 Å². The lowest BCUT2D eigenvalue weighted by Crippen LogP contribution is -2.60. The maximum Gasteiger partial charge on any atom is 0.237 e. The second-order valence-corrected chi connectivity index (χ2v) is 7.13. The Balaban J connectivity index is 2.62. The second kappa shape index (κ2) is 5.32. The first-order valence-corrected chi connectivity index (χ1v) is 7.50. The van der Waals surface area contributed by atoms with Gasteiger partial charge in [-0.25, -0.2) is 8.42 Å². The molecule has 1 saturated heterocycles. The molecule has 3 N–H and O–H groups in total. The summed E-state index contributed by atoms with van der Waals surface area (Å²) in [7, 11) is 0.882. The highest BCUT2D eigenvalue weighted by Crippen LogP contribution is 2.23. The van der Waals surface area contributed by atoms with Gasteiger partial charge in [0.2, 0.25) is 5.91 Å². The third-order valence-corrected chi connectivity index (χ3v) is 4.83. The van der Waals surface area contributed by atoms with Crippen LogP contribution in [0.15, 0.2) is 0 Å². The van der Waals surface area contributed by atoms with E-state index in [-0.39, 0.29) is 24.3 Å². The van der Waals surface area contributed by atoms with E-state index in [0.29, 0.717) is 6.54 Å². The molecule has 0 aromatic carbocycles. The first kappa shape index (κ1) is 14.4. The van der Waals surface area contributed by atoms with Crippen molar-refractivity contribution in [2.24, 2.45) is 5.73 Å². The van der Waals surface area contributed by atoms with Gasteiger partial charge in [0.05, 0.1) is 17.0 Å². The van der Waals surface area contributed by atoms with Crippen LogP contribution in [0, 0.1) is 0 Å². The molecule has 6 nitrogen and oxygen atoms in total. The van der Waals surface area contributed by atoms with Crippen molar-refractivity contribution in [1.82, 2.24) is 10.2 Å². The van der Waals surface area contributed by atoms with Crippen molar-refractivity contribution in [3.8, 4) is 0 Å². The van der Waals surface area contributed by atoms with Crippen molar-refractivity contribution >= 4 is 15.7 Å². The summed E-state index contributed by atoms with van der Waals surface area (Å²) in [5.41, 5.74) is 4.55. The quantitative estimate of drug-likeness (QED) is 0.634. The summed E-state index contributed by atoms with van der Waals surface area (Å²) in [5.74, 6) is -0.387. The monoisotopic (exact) mass is 263 g/mol. The standard InChI is InChI=1S/C10H21N3O3S/c1-13(2)6-5-12-10(9(11)14)3-7-17(15,16)8-4-10/h12H,3-8H2,1-2H3,(H2,11,14). The fraction of sp³-hybridized carbons (Fsp3) is 0.900. The van der Waals surface area contributed by atoms with E-state index in [1.54, 1.807) is 0 Å². The van der Waals surface area contributed by atoms with Crippen molar-refractivity contribution in [3.05, 3.63) is 0 Å². The minimum atomic E-state index is -2.99. The highest BCUT2D eigenvalue weighted by Gasteiger charge is 2.41. The normalized spacial score (nSPS) is 22.5. The van der Waals surface area contributed by atoms with Gasteiger partial charge < -0.3 is 16.0 Å². The lowest BCUT2D eigenvalue weighted by atomic mass is 9.91. The third-order valence-electron chi connectivity index (χ3n) is 3.17. The Kier molecular flexibility index (Phi) is 4.51. The summed E-state index contributed by atoms with van der Waals surface area (Å²) >= 11 is 0. The largest absolute Gasteiger partial charge is 0.368 e. The molecule has 1 fully saturated rings. The minimum Gasteiger partial charge on any atom is -0.368 e. The molecule has 17 heavy (non-hydrogen) atoms. The van der Waals surface area contributed by atoms with E-state index in [1.807, 2.05) is 19.0 Å². The van der Waals surface area contributed by atoms with Crippen LogP contribution in [0.2, 0.25) is 0 Å². The average Bonchev–Trinajstić information content (AvgIpc) is 2.20. The van der Waals surface area contributed by atoms with Gasteiger partial charge in [-0.3, -0.25) is 4.79 Å². The Hall–Kier alpha value is -0.660. The molecule has 1 rings (SSSR count). The number of amides is 1. The Morgan fingerprint density at radius 3 is 2.29 bits per heavy atom. The molecule has 0 aromatic rings. The van der Waals surface area contributed by atoms with Crippen LogP contribution in [0.5, 0.6) is 0 Å². The van der Waals surface area contributed by atoms with Crippen LogP contribution in [0.1, 0.15) is 12.8 Å². The minimum absolute atomic E-state index is 0.0326. The number of rotatable bonds is 5. The topological polar surface area (TPSA) is 92.5 Å². The molecule has 0 atom stereocenters. The van der Waals surface area contributed by atoms with E-state index in [9.17, 15) is 13.2 Å². The molecule has 1 amide bonds. The number of nitrogens with two attached hydrogens (primary N) is 1. The van der Waals surface area contributed by atoms with E-state index in [0.717, 1.165) is 6.54 Å². The Labute approximate surface area is 102 Å². The maximum absolute atomic E-state index is 11.5. The van der Waals surface area contributed by atoms with Crippen LogP contribution in [0.25, 0.3) is 0 Å². The molecule has 0 saturated carbocycles. The highest BCUT2D eigenvalue weighted by molar-refractivity contribution is 7.91. The van der Waals surface area contributed by atoms with Crippen LogP contribution < -0.4 is 11.1 Å². The molecule has 7 heteroatoms. The van der Waals surface area contributed by atoms with Crippen molar-refractivity contribution in [2.75, 3.05) is 38.7 Å².